The summed E-state index contributed by atoms with van der Waals surface area (Å²) < 4.78 is 7.86. The van der Waals surface area contributed by atoms with Crippen LogP contribution < -0.4 is 4.74 Å². The number of nitrogens with zero attached hydrogens (tertiary/aromatic N) is 3. The maximum Gasteiger partial charge on any atom is 0.120 e. The third kappa shape index (κ3) is 3.18. The molecule has 1 N–H and O–H groups in total. The van der Waals surface area contributed by atoms with Gasteiger partial charge in [-0.3, -0.25) is 4.90 Å². The number of aryl methyl sites for hydroxylation is 1. The molecular formula is C27H33N3O2. The molecule has 32 heavy (non-hydrogen) atoms. The fourth-order valence-electron chi connectivity index (χ4n) is 6.31. The summed E-state index contributed by atoms with van der Waals surface area (Å²) in [7, 11) is 3.88. The first-order chi connectivity index (χ1) is 15.6. The van der Waals surface area contributed by atoms with Crippen molar-refractivity contribution in [3.63, 3.8) is 0 Å². The minimum absolute atomic E-state index is 0.00305. The summed E-state index contributed by atoms with van der Waals surface area (Å²) in [6.07, 6.45) is 2.80. The summed E-state index contributed by atoms with van der Waals surface area (Å²) in [5.41, 5.74) is 5.38. The maximum absolute atomic E-state index is 10.6. The lowest BCUT2D eigenvalue weighted by atomic mass is 9.68. The highest BCUT2D eigenvalue weighted by molar-refractivity contribution is 5.89. The molecule has 3 aromatic rings. The molecule has 1 aromatic heterocycles. The quantitative estimate of drug-likeness (QED) is 0.646. The first-order valence-electron chi connectivity index (χ1n) is 11.9. The Hall–Kier alpha value is -2.34. The van der Waals surface area contributed by atoms with Crippen LogP contribution in [0.5, 0.6) is 5.75 Å². The molecule has 0 unspecified atom stereocenters. The summed E-state index contributed by atoms with van der Waals surface area (Å²) in [5, 5.41) is 11.9. The first-order valence-corrected chi connectivity index (χ1v) is 11.9. The van der Waals surface area contributed by atoms with E-state index < -0.39 is 0 Å². The smallest absolute Gasteiger partial charge is 0.120 e. The Bertz CT molecular complexity index is 1130. The van der Waals surface area contributed by atoms with Gasteiger partial charge in [0.05, 0.1) is 25.3 Å². The predicted molar refractivity (Wildman–Crippen MR) is 127 cm³/mol. The largest absolute Gasteiger partial charge is 0.497 e. The van der Waals surface area contributed by atoms with Crippen molar-refractivity contribution in [3.8, 4) is 5.75 Å². The van der Waals surface area contributed by atoms with E-state index in [1.807, 2.05) is 0 Å². The number of hydrogen-bond donors (Lipinski definition) is 1. The fourth-order valence-corrected chi connectivity index (χ4v) is 6.31. The Kier molecular flexibility index (Phi) is 4.83. The third-order valence-corrected chi connectivity index (χ3v) is 7.91. The molecule has 2 aromatic carbocycles. The third-order valence-electron chi connectivity index (χ3n) is 7.91. The van der Waals surface area contributed by atoms with Crippen molar-refractivity contribution in [1.29, 1.82) is 0 Å². The van der Waals surface area contributed by atoms with Gasteiger partial charge >= 0.3 is 0 Å². The number of likely N-dealkylation sites (tertiary alicyclic amines) is 1. The van der Waals surface area contributed by atoms with Gasteiger partial charge in [0, 0.05) is 62.3 Å². The van der Waals surface area contributed by atoms with E-state index in [1.165, 1.54) is 47.1 Å². The molecule has 0 radical (unpaired) electrons. The highest BCUT2D eigenvalue weighted by atomic mass is 16.5. The van der Waals surface area contributed by atoms with Crippen LogP contribution in [0.15, 0.2) is 48.5 Å². The molecule has 0 bridgehead atoms. The number of hydrogen-bond acceptors (Lipinski definition) is 4. The summed E-state index contributed by atoms with van der Waals surface area (Å²) >= 11 is 0. The summed E-state index contributed by atoms with van der Waals surface area (Å²) in [6.45, 7) is 5.46. The van der Waals surface area contributed by atoms with Crippen LogP contribution in [0.25, 0.3) is 10.9 Å². The van der Waals surface area contributed by atoms with Crippen LogP contribution in [0.4, 0.5) is 0 Å². The number of methoxy groups -OCH3 is 1. The molecule has 1 saturated heterocycles. The first kappa shape index (κ1) is 20.3. The van der Waals surface area contributed by atoms with Crippen molar-refractivity contribution in [2.75, 3.05) is 39.9 Å². The number of benzene rings is 2. The minimum Gasteiger partial charge on any atom is -0.497 e. The van der Waals surface area contributed by atoms with Crippen molar-refractivity contribution < 1.29 is 9.84 Å². The average molecular weight is 432 g/mol. The normalized spacial score (nSPS) is 22.8. The lowest BCUT2D eigenvalue weighted by Crippen LogP contribution is -2.66. The van der Waals surface area contributed by atoms with Crippen molar-refractivity contribution >= 4 is 10.9 Å². The lowest BCUT2D eigenvalue weighted by molar-refractivity contribution is -0.0110. The Morgan fingerprint density at radius 2 is 1.84 bits per heavy atom. The van der Waals surface area contributed by atoms with E-state index in [2.05, 4.69) is 69.9 Å². The predicted octanol–water partition coefficient (Wildman–Crippen LogP) is 3.70. The maximum atomic E-state index is 10.6. The second kappa shape index (κ2) is 7.62. The van der Waals surface area contributed by atoms with Gasteiger partial charge in [-0.2, -0.15) is 0 Å². The SMILES string of the molecule is COc1ccc2c3c(n(C)c2c1)[C@@H](CO)N(Cc1ccccc1)CC31CN(CC2CC2)C1. The number of aromatic nitrogens is 1. The highest BCUT2D eigenvalue weighted by Crippen LogP contribution is 2.50. The number of rotatable bonds is 6. The van der Waals surface area contributed by atoms with E-state index in [1.54, 1.807) is 7.11 Å². The van der Waals surface area contributed by atoms with E-state index in [0.717, 1.165) is 37.8 Å². The molecule has 3 heterocycles. The zero-order valence-electron chi connectivity index (χ0n) is 19.1. The molecule has 2 aliphatic heterocycles. The summed E-state index contributed by atoms with van der Waals surface area (Å²) in [6, 6.07) is 17.2. The molecule has 5 nitrogen and oxygen atoms in total. The number of aliphatic hydroxyl groups excluding tert-OH is 1. The van der Waals surface area contributed by atoms with Gasteiger partial charge in [-0.25, -0.2) is 0 Å². The Morgan fingerprint density at radius 1 is 1.06 bits per heavy atom. The molecule has 168 valence electrons. The Labute approximate surface area is 190 Å². The van der Waals surface area contributed by atoms with E-state index in [9.17, 15) is 5.11 Å². The van der Waals surface area contributed by atoms with Gasteiger partial charge in [-0.1, -0.05) is 30.3 Å². The molecule has 0 amide bonds. The van der Waals surface area contributed by atoms with Crippen LogP contribution in [0.3, 0.4) is 0 Å². The van der Waals surface area contributed by atoms with Gasteiger partial charge < -0.3 is 19.3 Å². The van der Waals surface area contributed by atoms with Gasteiger partial charge in [0.15, 0.2) is 0 Å². The lowest BCUT2D eigenvalue weighted by Gasteiger charge is -2.56. The van der Waals surface area contributed by atoms with E-state index in [4.69, 9.17) is 4.74 Å². The highest BCUT2D eigenvalue weighted by Gasteiger charge is 2.53. The van der Waals surface area contributed by atoms with E-state index in [0.29, 0.717) is 0 Å². The Morgan fingerprint density at radius 3 is 2.53 bits per heavy atom. The monoisotopic (exact) mass is 431 g/mol. The van der Waals surface area contributed by atoms with Crippen LogP contribution in [0.2, 0.25) is 0 Å². The molecule has 6 rings (SSSR count). The van der Waals surface area contributed by atoms with Crippen LogP contribution >= 0.6 is 0 Å². The number of aliphatic hydroxyl groups is 1. The van der Waals surface area contributed by atoms with Crippen molar-refractivity contribution in [1.82, 2.24) is 14.4 Å². The molecule has 5 heteroatoms. The van der Waals surface area contributed by atoms with Crippen LogP contribution in [-0.2, 0) is 19.0 Å². The molecular weight excluding hydrogens is 398 g/mol. The van der Waals surface area contributed by atoms with Gasteiger partial charge in [-0.15, -0.1) is 0 Å². The van der Waals surface area contributed by atoms with Crippen LogP contribution in [0, 0.1) is 5.92 Å². The zero-order valence-corrected chi connectivity index (χ0v) is 19.1. The minimum atomic E-state index is -0.00305. The number of ether oxygens (including phenoxy) is 1. The summed E-state index contributed by atoms with van der Waals surface area (Å²) in [5.74, 6) is 1.80. The van der Waals surface area contributed by atoms with E-state index in [-0.39, 0.29) is 18.1 Å². The molecule has 2 fully saturated rings. The second-order valence-electron chi connectivity index (χ2n) is 10.2. The number of fused-ring (bicyclic) bond motifs is 4. The van der Waals surface area contributed by atoms with Crippen LogP contribution in [-0.4, -0.2) is 59.4 Å². The molecule has 1 saturated carbocycles. The van der Waals surface area contributed by atoms with E-state index >= 15 is 0 Å². The average Bonchev–Trinajstić information content (AvgIpc) is 3.56. The standard InChI is InChI=1S/C27H33N3O2/c1-28-23-12-21(32-2)10-11-22(23)25-26(28)24(15-31)30(14-19-6-4-3-5-7-19)18-27(25)16-29(17-27)13-20-8-9-20/h3-7,10-12,20,24,31H,8-9,13-18H2,1-2H3/t24-/m1/s1. The van der Waals surface area contributed by atoms with Crippen molar-refractivity contribution in [2.24, 2.45) is 13.0 Å². The van der Waals surface area contributed by atoms with Crippen molar-refractivity contribution in [3.05, 3.63) is 65.4 Å². The fraction of sp³-hybridized carbons (Fsp3) is 0.481. The Balaban J connectivity index is 1.46. The van der Waals surface area contributed by atoms with Gasteiger partial charge in [0.2, 0.25) is 0 Å². The molecule has 3 aliphatic rings. The van der Waals surface area contributed by atoms with Gasteiger partial charge in [0.25, 0.3) is 0 Å². The van der Waals surface area contributed by atoms with Gasteiger partial charge in [0.1, 0.15) is 5.75 Å². The topological polar surface area (TPSA) is 40.9 Å². The molecule has 1 aliphatic carbocycles. The summed E-state index contributed by atoms with van der Waals surface area (Å²) in [4.78, 5) is 5.17. The van der Waals surface area contributed by atoms with Crippen molar-refractivity contribution in [2.45, 2.75) is 30.8 Å². The van der Waals surface area contributed by atoms with Crippen LogP contribution in [0.1, 0.15) is 35.7 Å². The molecule has 1 spiro atoms. The molecule has 1 atom stereocenters. The zero-order chi connectivity index (χ0) is 21.9. The van der Waals surface area contributed by atoms with Gasteiger partial charge in [-0.05, 0) is 42.0 Å². The second-order valence-corrected chi connectivity index (χ2v) is 10.2.